The third kappa shape index (κ3) is 1.27. The molecule has 0 saturated carbocycles. The van der Waals surface area contributed by atoms with Crippen LogP contribution in [0.1, 0.15) is 39.5 Å². The van der Waals surface area contributed by atoms with Gasteiger partial charge in [-0.3, -0.25) is 0 Å². The Labute approximate surface area is 74.6 Å². The van der Waals surface area contributed by atoms with Crippen LogP contribution in [0.3, 0.4) is 0 Å². The van der Waals surface area contributed by atoms with E-state index in [1.165, 1.54) is 12.8 Å². The Morgan fingerprint density at radius 1 is 1.17 bits per heavy atom. The average molecular weight is 170 g/mol. The van der Waals surface area contributed by atoms with Crippen LogP contribution < -0.4 is 4.90 Å². The van der Waals surface area contributed by atoms with Crippen LogP contribution in [0.4, 0.5) is 0 Å². The van der Waals surface area contributed by atoms with E-state index in [-0.39, 0.29) is 6.10 Å². The Kier molecular flexibility index (Phi) is 2.13. The van der Waals surface area contributed by atoms with Crippen LogP contribution in [-0.4, -0.2) is 29.3 Å². The molecule has 70 valence electrons. The molecule has 2 aliphatic rings. The van der Waals surface area contributed by atoms with Crippen LogP contribution in [0.5, 0.6) is 0 Å². The third-order valence-corrected chi connectivity index (χ3v) is 3.59. The lowest BCUT2D eigenvalue weighted by atomic mass is 9.98. The molecular formula is C10H20NO+. The second-order valence-electron chi connectivity index (χ2n) is 4.75. The van der Waals surface area contributed by atoms with Crippen molar-refractivity contribution in [3.63, 3.8) is 0 Å². The number of piperidine rings is 1. The van der Waals surface area contributed by atoms with Crippen molar-refractivity contribution in [3.8, 4) is 0 Å². The van der Waals surface area contributed by atoms with E-state index in [9.17, 15) is 5.11 Å². The van der Waals surface area contributed by atoms with Gasteiger partial charge in [-0.25, -0.2) is 0 Å². The minimum atomic E-state index is 0.00463. The molecule has 2 bridgehead atoms. The molecule has 2 unspecified atom stereocenters. The van der Waals surface area contributed by atoms with E-state index < -0.39 is 0 Å². The molecule has 0 amide bonds. The summed E-state index contributed by atoms with van der Waals surface area (Å²) in [6.45, 7) is 4.61. The summed E-state index contributed by atoms with van der Waals surface area (Å²) in [6, 6.07) is 2.27. The fourth-order valence-corrected chi connectivity index (χ4v) is 3.27. The highest BCUT2D eigenvalue weighted by Crippen LogP contribution is 2.23. The molecule has 0 spiro atoms. The molecule has 12 heavy (non-hydrogen) atoms. The van der Waals surface area contributed by atoms with E-state index in [1.807, 2.05) is 0 Å². The van der Waals surface area contributed by atoms with Crippen LogP contribution in [-0.2, 0) is 0 Å². The standard InChI is InChI=1S/C10H19NO/c1-7(2)11-8-3-4-9(11)6-10(12)5-8/h7-10,12H,3-6H2,1-2H3/p+1. The van der Waals surface area contributed by atoms with Gasteiger partial charge < -0.3 is 10.0 Å². The van der Waals surface area contributed by atoms with Crippen molar-refractivity contribution < 1.29 is 10.0 Å². The van der Waals surface area contributed by atoms with Gasteiger partial charge in [0, 0.05) is 25.7 Å². The summed E-state index contributed by atoms with van der Waals surface area (Å²) in [7, 11) is 0. The van der Waals surface area contributed by atoms with Crippen molar-refractivity contribution in [1.29, 1.82) is 0 Å². The predicted molar refractivity (Wildman–Crippen MR) is 48.1 cm³/mol. The average Bonchev–Trinajstić information content (AvgIpc) is 2.24. The van der Waals surface area contributed by atoms with Crippen molar-refractivity contribution in [3.05, 3.63) is 0 Å². The Balaban J connectivity index is 2.09. The maximum atomic E-state index is 9.58. The van der Waals surface area contributed by atoms with Gasteiger partial charge in [-0.15, -0.1) is 0 Å². The molecule has 0 radical (unpaired) electrons. The number of fused-ring (bicyclic) bond motifs is 2. The first-order valence-electron chi connectivity index (χ1n) is 5.23. The van der Waals surface area contributed by atoms with Crippen LogP contribution in [0.25, 0.3) is 0 Å². The summed E-state index contributed by atoms with van der Waals surface area (Å²) < 4.78 is 0. The molecule has 0 aromatic heterocycles. The maximum absolute atomic E-state index is 9.58. The first-order valence-corrected chi connectivity index (χ1v) is 5.23. The molecule has 0 aliphatic carbocycles. The zero-order valence-corrected chi connectivity index (χ0v) is 8.09. The third-order valence-electron chi connectivity index (χ3n) is 3.59. The maximum Gasteiger partial charge on any atom is 0.0906 e. The highest BCUT2D eigenvalue weighted by Gasteiger charge is 2.44. The van der Waals surface area contributed by atoms with Crippen LogP contribution in [0, 0.1) is 0 Å². The van der Waals surface area contributed by atoms with Gasteiger partial charge in [0.05, 0.1) is 24.2 Å². The zero-order valence-electron chi connectivity index (χ0n) is 8.09. The number of hydrogen-bond donors (Lipinski definition) is 2. The molecular weight excluding hydrogens is 150 g/mol. The Morgan fingerprint density at radius 3 is 2.08 bits per heavy atom. The number of aliphatic hydroxyl groups excluding tert-OH is 1. The topological polar surface area (TPSA) is 24.7 Å². The number of quaternary nitrogens is 1. The molecule has 2 N–H and O–H groups in total. The van der Waals surface area contributed by atoms with Gasteiger partial charge in [-0.2, -0.15) is 0 Å². The van der Waals surface area contributed by atoms with Gasteiger partial charge in [0.1, 0.15) is 0 Å². The van der Waals surface area contributed by atoms with Gasteiger partial charge in [0.15, 0.2) is 0 Å². The van der Waals surface area contributed by atoms with E-state index >= 15 is 0 Å². The second kappa shape index (κ2) is 3.00. The molecule has 2 heterocycles. The van der Waals surface area contributed by atoms with Crippen molar-refractivity contribution in [2.45, 2.75) is 63.8 Å². The summed E-state index contributed by atoms with van der Waals surface area (Å²) in [5.74, 6) is 0. The SMILES string of the molecule is CC(C)[NH+]1C2CCC1CC(O)C2. The van der Waals surface area contributed by atoms with Gasteiger partial charge in [0.2, 0.25) is 0 Å². The van der Waals surface area contributed by atoms with Crippen molar-refractivity contribution in [1.82, 2.24) is 0 Å². The fraction of sp³-hybridized carbons (Fsp3) is 1.00. The zero-order chi connectivity index (χ0) is 8.72. The normalized spacial score (nSPS) is 47.0. The minimum Gasteiger partial charge on any atom is -0.393 e. The Hall–Kier alpha value is -0.0800. The Bertz CT molecular complexity index is 155. The lowest BCUT2D eigenvalue weighted by Crippen LogP contribution is -3.20. The fourth-order valence-electron chi connectivity index (χ4n) is 3.27. The summed E-state index contributed by atoms with van der Waals surface area (Å²) in [4.78, 5) is 1.76. The van der Waals surface area contributed by atoms with E-state index in [1.54, 1.807) is 4.90 Å². The molecule has 2 rings (SSSR count). The summed E-state index contributed by atoms with van der Waals surface area (Å²) in [6.07, 6.45) is 4.78. The molecule has 0 aromatic carbocycles. The van der Waals surface area contributed by atoms with Gasteiger partial charge in [0.25, 0.3) is 0 Å². The molecule has 2 fully saturated rings. The van der Waals surface area contributed by atoms with Crippen LogP contribution in [0.2, 0.25) is 0 Å². The van der Waals surface area contributed by atoms with Crippen molar-refractivity contribution in [2.24, 2.45) is 0 Å². The van der Waals surface area contributed by atoms with E-state index in [0.29, 0.717) is 0 Å². The molecule has 2 atom stereocenters. The van der Waals surface area contributed by atoms with Crippen molar-refractivity contribution in [2.75, 3.05) is 0 Å². The largest absolute Gasteiger partial charge is 0.393 e. The molecule has 2 aliphatic heterocycles. The summed E-state index contributed by atoms with van der Waals surface area (Å²) in [5.41, 5.74) is 0. The molecule has 2 saturated heterocycles. The van der Waals surface area contributed by atoms with Crippen LogP contribution >= 0.6 is 0 Å². The molecule has 0 aromatic rings. The lowest BCUT2D eigenvalue weighted by molar-refractivity contribution is -0.962. The number of aliphatic hydroxyl groups is 1. The first-order chi connectivity index (χ1) is 5.68. The minimum absolute atomic E-state index is 0.00463. The van der Waals surface area contributed by atoms with E-state index in [0.717, 1.165) is 31.0 Å². The number of rotatable bonds is 1. The van der Waals surface area contributed by atoms with Crippen molar-refractivity contribution >= 4 is 0 Å². The molecule has 2 heteroatoms. The Morgan fingerprint density at radius 2 is 1.67 bits per heavy atom. The first kappa shape index (κ1) is 8.52. The predicted octanol–water partition coefficient (Wildman–Crippen LogP) is -0.0346. The van der Waals surface area contributed by atoms with Crippen LogP contribution in [0.15, 0.2) is 0 Å². The molecule has 2 nitrogen and oxygen atoms in total. The summed E-state index contributed by atoms with van der Waals surface area (Å²) >= 11 is 0. The quantitative estimate of drug-likeness (QED) is 0.567. The smallest absolute Gasteiger partial charge is 0.0906 e. The summed E-state index contributed by atoms with van der Waals surface area (Å²) in [5, 5.41) is 9.58. The van der Waals surface area contributed by atoms with Gasteiger partial charge in [-0.1, -0.05) is 0 Å². The van der Waals surface area contributed by atoms with E-state index in [2.05, 4.69) is 13.8 Å². The van der Waals surface area contributed by atoms with E-state index in [4.69, 9.17) is 0 Å². The number of hydrogen-bond acceptors (Lipinski definition) is 1. The highest BCUT2D eigenvalue weighted by molar-refractivity contribution is 4.82. The van der Waals surface area contributed by atoms with Gasteiger partial charge in [-0.05, 0) is 13.8 Å². The lowest BCUT2D eigenvalue weighted by Gasteiger charge is -2.36. The van der Waals surface area contributed by atoms with Gasteiger partial charge >= 0.3 is 0 Å². The number of nitrogens with one attached hydrogen (secondary N) is 1. The second-order valence-corrected chi connectivity index (χ2v) is 4.75. The monoisotopic (exact) mass is 170 g/mol. The highest BCUT2D eigenvalue weighted by atomic mass is 16.3.